The molecule has 6 heteroatoms. The summed E-state index contributed by atoms with van der Waals surface area (Å²) in [7, 11) is 0. The molecule has 0 N–H and O–H groups in total. The number of nitrogens with zero attached hydrogens (tertiary/aromatic N) is 1. The van der Waals surface area contributed by atoms with Crippen molar-refractivity contribution in [3.05, 3.63) is 10.1 Å². The first-order valence-corrected chi connectivity index (χ1v) is 7.02. The first-order valence-electron chi connectivity index (χ1n) is 5.52. The average molecular weight is 309 g/mol. The highest BCUT2D eigenvalue weighted by Crippen LogP contribution is 2.16. The summed E-state index contributed by atoms with van der Waals surface area (Å²) < 4.78 is 0. The lowest BCUT2D eigenvalue weighted by molar-refractivity contribution is -0.475. The van der Waals surface area contributed by atoms with Gasteiger partial charge in [-0.25, -0.2) is 0 Å². The van der Waals surface area contributed by atoms with Gasteiger partial charge in [0, 0.05) is 23.6 Å². The van der Waals surface area contributed by atoms with Crippen LogP contribution in [0.4, 0.5) is 0 Å². The maximum Gasteiger partial charge on any atom is 0.201 e. The van der Waals surface area contributed by atoms with Crippen LogP contribution >= 0.6 is 34.8 Å². The first-order chi connectivity index (χ1) is 7.64. The Morgan fingerprint density at radius 1 is 1.18 bits per heavy atom. The van der Waals surface area contributed by atoms with E-state index in [1.807, 2.05) is 0 Å². The van der Waals surface area contributed by atoms with Gasteiger partial charge in [-0.3, -0.25) is 10.1 Å². The maximum atomic E-state index is 9.17. The molecule has 0 saturated heterocycles. The molecule has 106 valence electrons. The number of hydrogen-bond acceptors (Lipinski definition) is 2. The van der Waals surface area contributed by atoms with E-state index in [0.29, 0.717) is 17.2 Å². The Kier molecular flexibility index (Phi) is 18.9. The molecule has 0 amide bonds. The van der Waals surface area contributed by atoms with Gasteiger partial charge in [0.1, 0.15) is 0 Å². The standard InChI is InChI=1S/C6H14.C3H5Cl3.C2H5NO2/c1-5-6(2,3)4;4-1-3(6)2-5;1-2-3(4)5/h5H2,1-4H3;3H,1-2H2;2H2,1H3. The molecule has 3 nitrogen and oxygen atoms in total. The van der Waals surface area contributed by atoms with Crippen LogP contribution in [0.3, 0.4) is 0 Å². The zero-order valence-corrected chi connectivity index (χ0v) is 13.6. The maximum absolute atomic E-state index is 9.17. The van der Waals surface area contributed by atoms with Gasteiger partial charge in [0.05, 0.1) is 5.38 Å². The monoisotopic (exact) mass is 307 g/mol. The lowest BCUT2D eigenvalue weighted by Gasteiger charge is -2.12. The largest absolute Gasteiger partial charge is 0.265 e. The quantitative estimate of drug-likeness (QED) is 0.427. The van der Waals surface area contributed by atoms with Crippen LogP contribution in [0.2, 0.25) is 0 Å². The molecule has 0 unspecified atom stereocenters. The second-order valence-corrected chi connectivity index (χ2v) is 5.70. The lowest BCUT2D eigenvalue weighted by atomic mass is 9.94. The summed E-state index contributed by atoms with van der Waals surface area (Å²) in [5.41, 5.74) is 0.542. The molecule has 0 heterocycles. The van der Waals surface area contributed by atoms with E-state index in [1.54, 1.807) is 0 Å². The summed E-state index contributed by atoms with van der Waals surface area (Å²) in [6, 6.07) is 0. The van der Waals surface area contributed by atoms with Crippen LogP contribution in [-0.2, 0) is 0 Å². The van der Waals surface area contributed by atoms with Gasteiger partial charge < -0.3 is 0 Å². The fourth-order valence-corrected chi connectivity index (χ4v) is 0.371. The zero-order valence-electron chi connectivity index (χ0n) is 11.3. The predicted molar refractivity (Wildman–Crippen MR) is 78.4 cm³/mol. The second kappa shape index (κ2) is 14.3. The highest BCUT2D eigenvalue weighted by molar-refractivity contribution is 6.32. The summed E-state index contributed by atoms with van der Waals surface area (Å²) in [6.07, 6.45) is 1.27. The smallest absolute Gasteiger partial charge is 0.201 e. The zero-order chi connectivity index (χ0) is 14.5. The van der Waals surface area contributed by atoms with E-state index in [2.05, 4.69) is 27.7 Å². The van der Waals surface area contributed by atoms with Crippen molar-refractivity contribution in [2.75, 3.05) is 18.3 Å². The van der Waals surface area contributed by atoms with Crippen molar-refractivity contribution in [3.63, 3.8) is 0 Å². The normalized spacial score (nSPS) is 9.94. The topological polar surface area (TPSA) is 43.1 Å². The minimum absolute atomic E-state index is 0.0278. The predicted octanol–water partition coefficient (Wildman–Crippen LogP) is 4.80. The molecule has 17 heavy (non-hydrogen) atoms. The Hall–Kier alpha value is 0.270. The van der Waals surface area contributed by atoms with Crippen LogP contribution in [-0.4, -0.2) is 28.6 Å². The molecule has 0 aliphatic carbocycles. The minimum atomic E-state index is -0.375. The van der Waals surface area contributed by atoms with Crippen LogP contribution in [0.5, 0.6) is 0 Å². The van der Waals surface area contributed by atoms with Gasteiger partial charge in [0.15, 0.2) is 0 Å². The molecule has 0 aromatic carbocycles. The SMILES string of the molecule is CCC(C)(C)C.CC[N+](=O)[O-].ClCC(Cl)CCl. The van der Waals surface area contributed by atoms with Crippen molar-refractivity contribution in [3.8, 4) is 0 Å². The van der Waals surface area contributed by atoms with Crippen LogP contribution in [0.25, 0.3) is 0 Å². The van der Waals surface area contributed by atoms with E-state index in [1.165, 1.54) is 13.3 Å². The van der Waals surface area contributed by atoms with Crippen LogP contribution < -0.4 is 0 Å². The molecule has 0 aliphatic rings. The summed E-state index contributed by atoms with van der Waals surface area (Å²) in [6.45, 7) is 10.5. The van der Waals surface area contributed by atoms with Gasteiger partial charge in [-0.05, 0) is 5.41 Å². The Balaban J connectivity index is -0.000000174. The van der Waals surface area contributed by atoms with Gasteiger partial charge in [0.25, 0.3) is 0 Å². The van der Waals surface area contributed by atoms with Crippen molar-refractivity contribution in [1.29, 1.82) is 0 Å². The summed E-state index contributed by atoms with van der Waals surface area (Å²) in [4.78, 5) is 8.80. The molecule has 0 bridgehead atoms. The lowest BCUT2D eigenvalue weighted by Crippen LogP contribution is -2.00. The van der Waals surface area contributed by atoms with Gasteiger partial charge in [-0.1, -0.05) is 34.1 Å². The molecule has 0 atom stereocenters. The van der Waals surface area contributed by atoms with E-state index in [4.69, 9.17) is 34.8 Å². The van der Waals surface area contributed by atoms with Gasteiger partial charge in [0.2, 0.25) is 6.54 Å². The van der Waals surface area contributed by atoms with Gasteiger partial charge in [-0.15, -0.1) is 34.8 Å². The molecular formula is C11H24Cl3NO2. The number of hydrogen-bond donors (Lipinski definition) is 0. The Labute approximate surface area is 120 Å². The van der Waals surface area contributed by atoms with E-state index in [9.17, 15) is 10.1 Å². The van der Waals surface area contributed by atoms with E-state index < -0.39 is 0 Å². The molecule has 0 aromatic heterocycles. The fraction of sp³-hybridized carbons (Fsp3) is 1.00. The number of nitro groups is 1. The Morgan fingerprint density at radius 2 is 1.41 bits per heavy atom. The minimum Gasteiger partial charge on any atom is -0.265 e. The number of alkyl halides is 3. The van der Waals surface area contributed by atoms with Crippen LogP contribution in [0.1, 0.15) is 41.0 Å². The summed E-state index contributed by atoms with van der Waals surface area (Å²) >= 11 is 15.9. The molecule has 0 aromatic rings. The van der Waals surface area contributed by atoms with Crippen molar-refractivity contribution in [1.82, 2.24) is 0 Å². The molecular weight excluding hydrogens is 284 g/mol. The van der Waals surface area contributed by atoms with Gasteiger partial charge >= 0.3 is 0 Å². The highest BCUT2D eigenvalue weighted by Gasteiger charge is 2.03. The van der Waals surface area contributed by atoms with Crippen molar-refractivity contribution in [2.45, 2.75) is 46.4 Å². The third kappa shape index (κ3) is 38.6. The first kappa shape index (κ1) is 22.5. The van der Waals surface area contributed by atoms with E-state index in [0.717, 1.165) is 0 Å². The summed E-state index contributed by atoms with van der Waals surface area (Å²) in [5.74, 6) is 0.871. The van der Waals surface area contributed by atoms with Crippen LogP contribution in [0, 0.1) is 15.5 Å². The molecule has 0 radical (unpaired) electrons. The Bertz CT molecular complexity index is 169. The van der Waals surface area contributed by atoms with E-state index >= 15 is 0 Å². The number of rotatable bonds is 3. The van der Waals surface area contributed by atoms with Crippen molar-refractivity contribution >= 4 is 34.8 Å². The van der Waals surface area contributed by atoms with Crippen molar-refractivity contribution in [2.24, 2.45) is 5.41 Å². The summed E-state index contributed by atoms with van der Waals surface area (Å²) in [5, 5.41) is 9.11. The Morgan fingerprint density at radius 3 is 1.41 bits per heavy atom. The average Bonchev–Trinajstić information content (AvgIpc) is 2.28. The van der Waals surface area contributed by atoms with E-state index in [-0.39, 0.29) is 16.8 Å². The van der Waals surface area contributed by atoms with Crippen LogP contribution in [0.15, 0.2) is 0 Å². The third-order valence-electron chi connectivity index (χ3n) is 1.65. The van der Waals surface area contributed by atoms with Crippen molar-refractivity contribution < 1.29 is 4.92 Å². The molecule has 0 fully saturated rings. The number of halogens is 3. The second-order valence-electron chi connectivity index (χ2n) is 4.47. The molecule has 0 aliphatic heterocycles. The molecule has 0 rings (SSSR count). The molecule has 0 spiro atoms. The molecule has 0 saturated carbocycles. The highest BCUT2D eigenvalue weighted by atomic mass is 35.5. The fourth-order valence-electron chi connectivity index (χ4n) is 0.0412. The third-order valence-corrected chi connectivity index (χ3v) is 3.02. The van der Waals surface area contributed by atoms with Gasteiger partial charge in [-0.2, -0.15) is 0 Å².